The van der Waals surface area contributed by atoms with E-state index >= 15 is 0 Å². The molecule has 0 radical (unpaired) electrons. The highest BCUT2D eigenvalue weighted by Gasteiger charge is 2.16. The maximum absolute atomic E-state index is 12.5. The number of nitrogens with one attached hydrogen (secondary N) is 2. The minimum Gasteiger partial charge on any atom is -0.373 e. The molecule has 5 nitrogen and oxygen atoms in total. The van der Waals surface area contributed by atoms with Gasteiger partial charge in [0.1, 0.15) is 6.04 Å². The van der Waals surface area contributed by atoms with E-state index in [1.54, 1.807) is 0 Å². The number of primary amides is 1. The van der Waals surface area contributed by atoms with Gasteiger partial charge in [-0.25, -0.2) is 0 Å². The van der Waals surface area contributed by atoms with Crippen LogP contribution in [-0.2, 0) is 16.0 Å². The van der Waals surface area contributed by atoms with Gasteiger partial charge in [-0.1, -0.05) is 42.5 Å². The lowest BCUT2D eigenvalue weighted by molar-refractivity contribution is -0.122. The third kappa shape index (κ3) is 7.35. The molecule has 0 aromatic heterocycles. The van der Waals surface area contributed by atoms with E-state index < -0.39 is 0 Å². The molecule has 0 saturated carbocycles. The van der Waals surface area contributed by atoms with Gasteiger partial charge >= 0.3 is 0 Å². The number of nitrogens with two attached hydrogens (primary N) is 1. The van der Waals surface area contributed by atoms with Crippen LogP contribution in [0.15, 0.2) is 59.5 Å². The van der Waals surface area contributed by atoms with Crippen molar-refractivity contribution in [2.24, 2.45) is 5.73 Å². The molecule has 2 aromatic carbocycles. The van der Waals surface area contributed by atoms with Gasteiger partial charge in [0.2, 0.25) is 11.8 Å². The van der Waals surface area contributed by atoms with Crippen molar-refractivity contribution in [3.8, 4) is 0 Å². The van der Waals surface area contributed by atoms with Crippen molar-refractivity contribution in [3.05, 3.63) is 60.2 Å². The molecule has 0 saturated heterocycles. The van der Waals surface area contributed by atoms with Gasteiger partial charge in [0.15, 0.2) is 0 Å². The van der Waals surface area contributed by atoms with Crippen molar-refractivity contribution in [2.45, 2.75) is 43.7 Å². The largest absolute Gasteiger partial charge is 0.373 e. The monoisotopic (exact) mass is 385 g/mol. The fraction of sp³-hybridized carbons (Fsp3) is 0.333. The maximum atomic E-state index is 12.5. The summed E-state index contributed by atoms with van der Waals surface area (Å²) in [5.41, 5.74) is 7.31. The summed E-state index contributed by atoms with van der Waals surface area (Å²) in [6.07, 6.45) is 1.81. The van der Waals surface area contributed by atoms with Gasteiger partial charge in [0, 0.05) is 16.6 Å². The Hall–Kier alpha value is -2.47. The van der Waals surface area contributed by atoms with E-state index in [0.717, 1.165) is 23.4 Å². The SMILES string of the molecule is C[C@H](Nc1ccccc1SCC(N)=O)C(=O)N[C@@H](C)CCc1ccccc1. The topological polar surface area (TPSA) is 84.2 Å². The zero-order chi connectivity index (χ0) is 19.6. The summed E-state index contributed by atoms with van der Waals surface area (Å²) in [4.78, 5) is 24.4. The molecule has 144 valence electrons. The Balaban J connectivity index is 1.85. The van der Waals surface area contributed by atoms with Crippen LogP contribution in [0, 0.1) is 0 Å². The van der Waals surface area contributed by atoms with Gasteiger partial charge in [-0.15, -0.1) is 11.8 Å². The number of carbonyl (C=O) groups is 2. The van der Waals surface area contributed by atoms with Crippen LogP contribution in [0.1, 0.15) is 25.8 Å². The average molecular weight is 386 g/mol. The van der Waals surface area contributed by atoms with Crippen LogP contribution in [0.4, 0.5) is 5.69 Å². The zero-order valence-electron chi connectivity index (χ0n) is 15.8. The van der Waals surface area contributed by atoms with E-state index in [2.05, 4.69) is 22.8 Å². The molecule has 0 unspecified atom stereocenters. The minimum atomic E-state index is -0.389. The van der Waals surface area contributed by atoms with Gasteiger partial charge in [-0.05, 0) is 44.4 Å². The normalized spacial score (nSPS) is 12.8. The van der Waals surface area contributed by atoms with Gasteiger partial charge < -0.3 is 16.4 Å². The van der Waals surface area contributed by atoms with Gasteiger partial charge in [-0.2, -0.15) is 0 Å². The summed E-state index contributed by atoms with van der Waals surface area (Å²) in [6, 6.07) is 17.5. The first kappa shape index (κ1) is 20.8. The molecule has 0 aliphatic rings. The third-order valence-electron chi connectivity index (χ3n) is 4.12. The van der Waals surface area contributed by atoms with Crippen LogP contribution < -0.4 is 16.4 Å². The zero-order valence-corrected chi connectivity index (χ0v) is 16.6. The van der Waals surface area contributed by atoms with E-state index in [4.69, 9.17) is 5.73 Å². The van der Waals surface area contributed by atoms with E-state index in [-0.39, 0.29) is 29.7 Å². The second-order valence-corrected chi connectivity index (χ2v) is 7.57. The standard InChI is InChI=1S/C21H27N3O2S/c1-15(12-13-17-8-4-3-5-9-17)23-21(26)16(2)24-18-10-6-7-11-19(18)27-14-20(22)25/h3-11,15-16,24H,12-14H2,1-2H3,(H2,22,25)(H,23,26)/t15-,16-/m0/s1. The van der Waals surface area contributed by atoms with E-state index in [0.29, 0.717) is 0 Å². The van der Waals surface area contributed by atoms with Crippen molar-refractivity contribution in [1.29, 1.82) is 0 Å². The molecule has 0 aliphatic heterocycles. The van der Waals surface area contributed by atoms with Crippen LogP contribution in [0.5, 0.6) is 0 Å². The van der Waals surface area contributed by atoms with Crippen molar-refractivity contribution in [1.82, 2.24) is 5.32 Å². The Kier molecular flexibility index (Phi) is 8.20. The van der Waals surface area contributed by atoms with Crippen molar-refractivity contribution >= 4 is 29.3 Å². The highest BCUT2D eigenvalue weighted by atomic mass is 32.2. The van der Waals surface area contributed by atoms with E-state index in [1.807, 2.05) is 56.3 Å². The number of carbonyl (C=O) groups excluding carboxylic acids is 2. The summed E-state index contributed by atoms with van der Waals surface area (Å²) in [5.74, 6) is -0.214. The number of amides is 2. The fourth-order valence-corrected chi connectivity index (χ4v) is 3.38. The number of hydrogen-bond donors (Lipinski definition) is 3. The van der Waals surface area contributed by atoms with Gasteiger partial charge in [0.05, 0.1) is 5.75 Å². The molecule has 2 atom stereocenters. The van der Waals surface area contributed by atoms with E-state index in [9.17, 15) is 9.59 Å². The fourth-order valence-electron chi connectivity index (χ4n) is 2.63. The number of rotatable bonds is 10. The minimum absolute atomic E-state index is 0.0507. The Morgan fingerprint density at radius 2 is 1.70 bits per heavy atom. The molecule has 4 N–H and O–H groups in total. The Bertz CT molecular complexity index is 752. The van der Waals surface area contributed by atoms with Crippen LogP contribution >= 0.6 is 11.8 Å². The van der Waals surface area contributed by atoms with Gasteiger partial charge in [-0.3, -0.25) is 9.59 Å². The van der Waals surface area contributed by atoms with Crippen molar-refractivity contribution in [3.63, 3.8) is 0 Å². The van der Waals surface area contributed by atoms with Crippen LogP contribution in [0.3, 0.4) is 0 Å². The number of aryl methyl sites for hydroxylation is 1. The molecule has 2 aromatic rings. The molecule has 2 rings (SSSR count). The van der Waals surface area contributed by atoms with Gasteiger partial charge in [0.25, 0.3) is 0 Å². The predicted octanol–water partition coefficient (Wildman–Crippen LogP) is 3.20. The number of thioether (sulfide) groups is 1. The summed E-state index contributed by atoms with van der Waals surface area (Å²) in [7, 11) is 0. The second-order valence-electron chi connectivity index (χ2n) is 6.55. The first-order valence-corrected chi connectivity index (χ1v) is 10.0. The quantitative estimate of drug-likeness (QED) is 0.548. The van der Waals surface area contributed by atoms with Crippen molar-refractivity contribution in [2.75, 3.05) is 11.1 Å². The molecule has 0 bridgehead atoms. The lowest BCUT2D eigenvalue weighted by Crippen LogP contribution is -2.42. The molecule has 0 aliphatic carbocycles. The first-order chi connectivity index (χ1) is 13.0. The smallest absolute Gasteiger partial charge is 0.242 e. The highest BCUT2D eigenvalue weighted by Crippen LogP contribution is 2.27. The number of anilines is 1. The number of hydrogen-bond acceptors (Lipinski definition) is 4. The highest BCUT2D eigenvalue weighted by molar-refractivity contribution is 8.00. The second kappa shape index (κ2) is 10.6. The summed E-state index contributed by atoms with van der Waals surface area (Å²) >= 11 is 1.36. The maximum Gasteiger partial charge on any atom is 0.242 e. The molecule has 6 heteroatoms. The molecule has 27 heavy (non-hydrogen) atoms. The number of benzene rings is 2. The lowest BCUT2D eigenvalue weighted by Gasteiger charge is -2.20. The Labute approximate surface area is 165 Å². The molecule has 0 fully saturated rings. The molecule has 2 amide bonds. The Morgan fingerprint density at radius 3 is 2.41 bits per heavy atom. The van der Waals surface area contributed by atoms with Crippen LogP contribution in [0.25, 0.3) is 0 Å². The summed E-state index contributed by atoms with van der Waals surface area (Å²) < 4.78 is 0. The van der Waals surface area contributed by atoms with Crippen molar-refractivity contribution < 1.29 is 9.59 Å². The van der Waals surface area contributed by atoms with Crippen LogP contribution in [-0.4, -0.2) is 29.7 Å². The Morgan fingerprint density at radius 1 is 1.04 bits per heavy atom. The summed E-state index contributed by atoms with van der Waals surface area (Å²) in [5, 5.41) is 6.29. The lowest BCUT2D eigenvalue weighted by atomic mass is 10.1. The predicted molar refractivity (Wildman–Crippen MR) is 112 cm³/mol. The molecular formula is C21H27N3O2S. The molecule has 0 heterocycles. The average Bonchev–Trinajstić information content (AvgIpc) is 2.66. The number of para-hydroxylation sites is 1. The molecular weight excluding hydrogens is 358 g/mol. The van der Waals surface area contributed by atoms with Crippen LogP contribution in [0.2, 0.25) is 0 Å². The third-order valence-corrected chi connectivity index (χ3v) is 5.22. The summed E-state index contributed by atoms with van der Waals surface area (Å²) in [6.45, 7) is 3.85. The molecule has 0 spiro atoms. The first-order valence-electron chi connectivity index (χ1n) is 9.06. The van der Waals surface area contributed by atoms with E-state index in [1.165, 1.54) is 17.3 Å².